The van der Waals surface area contributed by atoms with E-state index in [2.05, 4.69) is 6.07 Å². The van der Waals surface area contributed by atoms with Gasteiger partial charge in [0.1, 0.15) is 5.75 Å². The van der Waals surface area contributed by atoms with Gasteiger partial charge in [-0.15, -0.1) is 0 Å². The van der Waals surface area contributed by atoms with Gasteiger partial charge in [0.05, 0.1) is 24.2 Å². The highest BCUT2D eigenvalue weighted by atomic mass is 16.5. The van der Waals surface area contributed by atoms with Crippen LogP contribution in [0.4, 0.5) is 0 Å². The van der Waals surface area contributed by atoms with Crippen molar-refractivity contribution in [3.8, 4) is 11.8 Å². The summed E-state index contributed by atoms with van der Waals surface area (Å²) in [6.45, 7) is 6.37. The number of nitrogens with zero attached hydrogens (tertiary/aromatic N) is 1. The minimum atomic E-state index is -0.480. The van der Waals surface area contributed by atoms with E-state index in [1.165, 1.54) is 0 Å². The molecule has 1 atom stereocenters. The van der Waals surface area contributed by atoms with Gasteiger partial charge in [-0.2, -0.15) is 5.26 Å². The third-order valence-corrected chi connectivity index (χ3v) is 3.17. The van der Waals surface area contributed by atoms with E-state index < -0.39 is 6.10 Å². The second-order valence-corrected chi connectivity index (χ2v) is 5.41. The number of aliphatic hydroxyl groups is 1. The summed E-state index contributed by atoms with van der Waals surface area (Å²) >= 11 is 0. The van der Waals surface area contributed by atoms with Crippen molar-refractivity contribution < 1.29 is 9.84 Å². The molecule has 0 saturated heterocycles. The molecule has 0 aromatic heterocycles. The van der Waals surface area contributed by atoms with Crippen molar-refractivity contribution in [1.82, 2.24) is 0 Å². The summed E-state index contributed by atoms with van der Waals surface area (Å²) in [5, 5.41) is 18.8. The van der Waals surface area contributed by atoms with Crippen LogP contribution in [0.3, 0.4) is 0 Å². The summed E-state index contributed by atoms with van der Waals surface area (Å²) in [5.41, 5.74) is 0.538. The molecular formula is C16H23NO2. The monoisotopic (exact) mass is 261 g/mol. The van der Waals surface area contributed by atoms with Crippen molar-refractivity contribution in [3.05, 3.63) is 29.8 Å². The standard InChI is InChI=1S/C16H23NO2/c1-4-14(18)13-8-5-6-9-15(13)19-11-7-10-16(2,3)12-17/h5-6,8-9,14,18H,4,7,10-11H2,1-3H3/t14-/m1/s1. The van der Waals surface area contributed by atoms with E-state index >= 15 is 0 Å². The van der Waals surface area contributed by atoms with Crippen molar-refractivity contribution in [3.63, 3.8) is 0 Å². The topological polar surface area (TPSA) is 53.2 Å². The van der Waals surface area contributed by atoms with Crippen LogP contribution in [0, 0.1) is 16.7 Å². The molecule has 104 valence electrons. The highest BCUT2D eigenvalue weighted by Gasteiger charge is 2.16. The fraction of sp³-hybridized carbons (Fsp3) is 0.562. The Morgan fingerprint density at radius 3 is 2.68 bits per heavy atom. The summed E-state index contributed by atoms with van der Waals surface area (Å²) in [4.78, 5) is 0. The van der Waals surface area contributed by atoms with Gasteiger partial charge in [-0.25, -0.2) is 0 Å². The zero-order valence-electron chi connectivity index (χ0n) is 12.0. The third-order valence-electron chi connectivity index (χ3n) is 3.17. The Kier molecular flexibility index (Phi) is 5.85. The van der Waals surface area contributed by atoms with Gasteiger partial charge < -0.3 is 9.84 Å². The summed E-state index contributed by atoms with van der Waals surface area (Å²) in [6.07, 6.45) is 1.83. The fourth-order valence-corrected chi connectivity index (χ4v) is 1.86. The zero-order chi connectivity index (χ0) is 14.3. The minimum absolute atomic E-state index is 0.300. The highest BCUT2D eigenvalue weighted by molar-refractivity contribution is 5.34. The number of aliphatic hydroxyl groups excluding tert-OH is 1. The number of nitriles is 1. The van der Waals surface area contributed by atoms with E-state index in [1.54, 1.807) is 0 Å². The molecule has 19 heavy (non-hydrogen) atoms. The number of rotatable bonds is 7. The maximum absolute atomic E-state index is 9.91. The number of hydrogen-bond acceptors (Lipinski definition) is 3. The van der Waals surface area contributed by atoms with Crippen molar-refractivity contribution in [2.24, 2.45) is 5.41 Å². The minimum Gasteiger partial charge on any atom is -0.493 e. The second kappa shape index (κ2) is 7.16. The van der Waals surface area contributed by atoms with Crippen molar-refractivity contribution >= 4 is 0 Å². The molecule has 0 bridgehead atoms. The Morgan fingerprint density at radius 2 is 2.05 bits per heavy atom. The lowest BCUT2D eigenvalue weighted by molar-refractivity contribution is 0.166. The molecule has 3 nitrogen and oxygen atoms in total. The predicted molar refractivity (Wildman–Crippen MR) is 75.8 cm³/mol. The Morgan fingerprint density at radius 1 is 1.37 bits per heavy atom. The van der Waals surface area contributed by atoms with Gasteiger partial charge in [-0.3, -0.25) is 0 Å². The first-order chi connectivity index (χ1) is 9.00. The van der Waals surface area contributed by atoms with Crippen LogP contribution >= 0.6 is 0 Å². The van der Waals surface area contributed by atoms with Gasteiger partial charge in [0.2, 0.25) is 0 Å². The molecule has 1 rings (SSSR count). The molecule has 0 heterocycles. The molecule has 0 saturated carbocycles. The molecule has 0 unspecified atom stereocenters. The van der Waals surface area contributed by atoms with Crippen LogP contribution in [-0.4, -0.2) is 11.7 Å². The van der Waals surface area contributed by atoms with E-state index in [9.17, 15) is 5.11 Å². The first-order valence-electron chi connectivity index (χ1n) is 6.81. The summed E-state index contributed by atoms with van der Waals surface area (Å²) in [6, 6.07) is 9.86. The van der Waals surface area contributed by atoms with Crippen LogP contribution in [0.1, 0.15) is 51.7 Å². The summed E-state index contributed by atoms with van der Waals surface area (Å²) < 4.78 is 5.73. The van der Waals surface area contributed by atoms with Crippen LogP contribution in [-0.2, 0) is 0 Å². The van der Waals surface area contributed by atoms with Crippen molar-refractivity contribution in [2.75, 3.05) is 6.61 Å². The molecule has 1 N–H and O–H groups in total. The highest BCUT2D eigenvalue weighted by Crippen LogP contribution is 2.27. The quantitative estimate of drug-likeness (QED) is 0.759. The van der Waals surface area contributed by atoms with Crippen LogP contribution in [0.15, 0.2) is 24.3 Å². The maximum atomic E-state index is 9.91. The SMILES string of the molecule is CC[C@@H](O)c1ccccc1OCCCC(C)(C)C#N. The molecule has 1 aromatic carbocycles. The summed E-state index contributed by atoms with van der Waals surface area (Å²) in [5.74, 6) is 0.742. The number of ether oxygens (including phenoxy) is 1. The van der Waals surface area contributed by atoms with Crippen molar-refractivity contribution in [1.29, 1.82) is 5.26 Å². The lowest BCUT2D eigenvalue weighted by Gasteiger charge is -2.17. The summed E-state index contributed by atoms with van der Waals surface area (Å²) in [7, 11) is 0. The Bertz CT molecular complexity index is 435. The fourth-order valence-electron chi connectivity index (χ4n) is 1.86. The molecule has 0 aliphatic heterocycles. The third kappa shape index (κ3) is 4.92. The van der Waals surface area contributed by atoms with Crippen LogP contribution in [0.5, 0.6) is 5.75 Å². The molecule has 0 radical (unpaired) electrons. The molecule has 3 heteroatoms. The number of benzene rings is 1. The molecule has 0 amide bonds. The van der Waals surface area contributed by atoms with Gasteiger partial charge in [0.15, 0.2) is 0 Å². The van der Waals surface area contributed by atoms with E-state index in [0.29, 0.717) is 13.0 Å². The number of para-hydroxylation sites is 1. The molecule has 0 aliphatic rings. The van der Waals surface area contributed by atoms with E-state index in [0.717, 1.165) is 24.2 Å². The van der Waals surface area contributed by atoms with Crippen LogP contribution in [0.2, 0.25) is 0 Å². The van der Waals surface area contributed by atoms with Gasteiger partial charge in [-0.05, 0) is 39.2 Å². The number of hydrogen-bond donors (Lipinski definition) is 1. The Hall–Kier alpha value is -1.53. The molecule has 0 aliphatic carbocycles. The van der Waals surface area contributed by atoms with E-state index in [4.69, 9.17) is 10.00 Å². The van der Waals surface area contributed by atoms with Crippen molar-refractivity contribution in [2.45, 2.75) is 46.1 Å². The van der Waals surface area contributed by atoms with Gasteiger partial charge >= 0.3 is 0 Å². The van der Waals surface area contributed by atoms with Gasteiger partial charge in [0, 0.05) is 5.56 Å². The van der Waals surface area contributed by atoms with Crippen LogP contribution < -0.4 is 4.74 Å². The second-order valence-electron chi connectivity index (χ2n) is 5.41. The largest absolute Gasteiger partial charge is 0.493 e. The molecular weight excluding hydrogens is 238 g/mol. The van der Waals surface area contributed by atoms with Gasteiger partial charge in [0.25, 0.3) is 0 Å². The predicted octanol–water partition coefficient (Wildman–Crippen LogP) is 3.84. The maximum Gasteiger partial charge on any atom is 0.125 e. The van der Waals surface area contributed by atoms with E-state index in [1.807, 2.05) is 45.0 Å². The lowest BCUT2D eigenvalue weighted by atomic mass is 9.90. The first-order valence-corrected chi connectivity index (χ1v) is 6.81. The normalized spacial score (nSPS) is 12.8. The Labute approximate surface area is 115 Å². The lowest BCUT2D eigenvalue weighted by Crippen LogP contribution is -2.10. The molecule has 0 fully saturated rings. The average molecular weight is 261 g/mol. The zero-order valence-corrected chi connectivity index (χ0v) is 12.0. The van der Waals surface area contributed by atoms with E-state index in [-0.39, 0.29) is 5.41 Å². The first kappa shape index (κ1) is 15.5. The van der Waals surface area contributed by atoms with Crippen LogP contribution in [0.25, 0.3) is 0 Å². The average Bonchev–Trinajstić information content (AvgIpc) is 2.43. The molecule has 0 spiro atoms. The molecule has 1 aromatic rings. The smallest absolute Gasteiger partial charge is 0.125 e. The van der Waals surface area contributed by atoms with Gasteiger partial charge in [-0.1, -0.05) is 25.1 Å². The Balaban J connectivity index is 2.52.